The van der Waals surface area contributed by atoms with Crippen molar-refractivity contribution in [2.45, 2.75) is 6.92 Å². The van der Waals surface area contributed by atoms with Crippen molar-refractivity contribution in [3.63, 3.8) is 0 Å². The molecular formula is C19H22N6O2. The fourth-order valence-electron chi connectivity index (χ4n) is 3.22. The highest BCUT2D eigenvalue weighted by Crippen LogP contribution is 2.27. The van der Waals surface area contributed by atoms with E-state index in [0.29, 0.717) is 30.4 Å². The van der Waals surface area contributed by atoms with E-state index in [-0.39, 0.29) is 5.91 Å². The number of ether oxygens (including phenoxy) is 1. The summed E-state index contributed by atoms with van der Waals surface area (Å²) in [5, 5.41) is 15.2. The van der Waals surface area contributed by atoms with E-state index < -0.39 is 0 Å². The number of aryl methyl sites for hydroxylation is 1. The van der Waals surface area contributed by atoms with Gasteiger partial charge in [0.25, 0.3) is 5.91 Å². The average Bonchev–Trinajstić information content (AvgIpc) is 3.11. The minimum absolute atomic E-state index is 0.0616. The summed E-state index contributed by atoms with van der Waals surface area (Å²) in [6.07, 6.45) is 0. The van der Waals surface area contributed by atoms with Crippen molar-refractivity contribution in [2.75, 3.05) is 38.6 Å². The summed E-state index contributed by atoms with van der Waals surface area (Å²) in [6, 6.07) is 9.43. The van der Waals surface area contributed by atoms with Crippen LogP contribution < -0.4 is 15.4 Å². The molecule has 4 rings (SSSR count). The number of rotatable bonds is 4. The third-order valence-corrected chi connectivity index (χ3v) is 4.61. The predicted molar refractivity (Wildman–Crippen MR) is 104 cm³/mol. The van der Waals surface area contributed by atoms with Crippen molar-refractivity contribution < 1.29 is 9.53 Å². The van der Waals surface area contributed by atoms with E-state index in [1.807, 2.05) is 42.2 Å². The minimum atomic E-state index is -0.0616. The lowest BCUT2D eigenvalue weighted by molar-refractivity contribution is 0.0732. The number of anilines is 2. The second-order valence-electron chi connectivity index (χ2n) is 6.55. The van der Waals surface area contributed by atoms with Gasteiger partial charge in [0.05, 0.1) is 7.11 Å². The maximum absolute atomic E-state index is 13.1. The van der Waals surface area contributed by atoms with Crippen molar-refractivity contribution in [1.82, 2.24) is 25.4 Å². The SMILES string of the molecule is COc1ccc2c(C(=O)N3CCNCC3)nc(Nc3cc(C)[nH]n3)cc2c1. The molecule has 140 valence electrons. The van der Waals surface area contributed by atoms with Crippen molar-refractivity contribution in [3.05, 3.63) is 41.7 Å². The maximum Gasteiger partial charge on any atom is 0.273 e. The van der Waals surface area contributed by atoms with E-state index in [4.69, 9.17) is 4.74 Å². The molecule has 1 aliphatic heterocycles. The lowest BCUT2D eigenvalue weighted by Gasteiger charge is -2.27. The number of carbonyl (C=O) groups is 1. The Morgan fingerprint density at radius 1 is 1.19 bits per heavy atom. The molecule has 2 aromatic heterocycles. The van der Waals surface area contributed by atoms with Gasteiger partial charge in [-0.3, -0.25) is 9.89 Å². The highest BCUT2D eigenvalue weighted by molar-refractivity contribution is 6.06. The van der Waals surface area contributed by atoms with E-state index in [1.165, 1.54) is 0 Å². The summed E-state index contributed by atoms with van der Waals surface area (Å²) in [5.41, 5.74) is 1.38. The normalized spacial score (nSPS) is 14.4. The molecule has 1 aliphatic rings. The summed E-state index contributed by atoms with van der Waals surface area (Å²) < 4.78 is 5.34. The van der Waals surface area contributed by atoms with Crippen LogP contribution in [0.5, 0.6) is 5.75 Å². The molecule has 0 spiro atoms. The zero-order valence-electron chi connectivity index (χ0n) is 15.4. The highest BCUT2D eigenvalue weighted by atomic mass is 16.5. The molecule has 8 nitrogen and oxygen atoms in total. The topological polar surface area (TPSA) is 95.2 Å². The zero-order chi connectivity index (χ0) is 18.8. The first-order valence-electron chi connectivity index (χ1n) is 8.92. The van der Waals surface area contributed by atoms with Crippen LogP contribution in [0.25, 0.3) is 10.8 Å². The Kier molecular flexibility index (Phi) is 4.64. The Bertz CT molecular complexity index is 977. The van der Waals surface area contributed by atoms with Gasteiger partial charge in [-0.05, 0) is 36.6 Å². The number of H-pyrrole nitrogens is 1. The van der Waals surface area contributed by atoms with Gasteiger partial charge in [-0.15, -0.1) is 0 Å². The minimum Gasteiger partial charge on any atom is -0.497 e. The van der Waals surface area contributed by atoms with Crippen LogP contribution in [0.15, 0.2) is 30.3 Å². The van der Waals surface area contributed by atoms with E-state index in [1.54, 1.807) is 7.11 Å². The summed E-state index contributed by atoms with van der Waals surface area (Å²) in [6.45, 7) is 4.86. The van der Waals surface area contributed by atoms with Crippen LogP contribution in [0.1, 0.15) is 16.2 Å². The van der Waals surface area contributed by atoms with E-state index in [2.05, 4.69) is 25.8 Å². The smallest absolute Gasteiger partial charge is 0.273 e. The van der Waals surface area contributed by atoms with Crippen LogP contribution in [-0.2, 0) is 0 Å². The number of amides is 1. The number of methoxy groups -OCH3 is 1. The molecule has 0 unspecified atom stereocenters. The molecule has 0 radical (unpaired) electrons. The standard InChI is InChI=1S/C19H22N6O2/c1-12-9-17(24-23-12)21-16-11-13-10-14(27-2)3-4-15(13)18(22-16)19(26)25-7-5-20-6-8-25/h3-4,9-11,20H,5-8H2,1-2H3,(H2,21,22,23,24). The number of hydrogen-bond acceptors (Lipinski definition) is 6. The fraction of sp³-hybridized carbons (Fsp3) is 0.316. The number of nitrogens with one attached hydrogen (secondary N) is 3. The van der Waals surface area contributed by atoms with Gasteiger partial charge in [-0.2, -0.15) is 5.10 Å². The third-order valence-electron chi connectivity index (χ3n) is 4.61. The van der Waals surface area contributed by atoms with Crippen molar-refractivity contribution >= 4 is 28.3 Å². The van der Waals surface area contributed by atoms with Gasteiger partial charge in [0.2, 0.25) is 0 Å². The largest absolute Gasteiger partial charge is 0.497 e. The van der Waals surface area contributed by atoms with Gasteiger partial charge in [0.1, 0.15) is 17.3 Å². The highest BCUT2D eigenvalue weighted by Gasteiger charge is 2.22. The van der Waals surface area contributed by atoms with Crippen LogP contribution in [0.2, 0.25) is 0 Å². The van der Waals surface area contributed by atoms with E-state index in [9.17, 15) is 4.79 Å². The number of aromatic nitrogens is 3. The Morgan fingerprint density at radius 2 is 2.00 bits per heavy atom. The van der Waals surface area contributed by atoms with E-state index >= 15 is 0 Å². The van der Waals surface area contributed by atoms with Gasteiger partial charge >= 0.3 is 0 Å². The van der Waals surface area contributed by atoms with Gasteiger partial charge < -0.3 is 20.3 Å². The first kappa shape index (κ1) is 17.3. The van der Waals surface area contributed by atoms with Crippen molar-refractivity contribution in [2.24, 2.45) is 0 Å². The number of fused-ring (bicyclic) bond motifs is 1. The summed E-state index contributed by atoms with van der Waals surface area (Å²) in [5.74, 6) is 1.90. The second-order valence-corrected chi connectivity index (χ2v) is 6.55. The number of nitrogens with zero attached hydrogens (tertiary/aromatic N) is 3. The molecule has 0 saturated carbocycles. The molecule has 0 atom stereocenters. The van der Waals surface area contributed by atoms with Gasteiger partial charge in [0, 0.05) is 43.3 Å². The summed E-state index contributed by atoms with van der Waals surface area (Å²) >= 11 is 0. The molecule has 1 amide bonds. The lowest BCUT2D eigenvalue weighted by Crippen LogP contribution is -2.46. The average molecular weight is 366 g/mol. The number of benzene rings is 1. The number of pyridine rings is 1. The Hall–Kier alpha value is -3.13. The Morgan fingerprint density at radius 3 is 2.70 bits per heavy atom. The first-order chi connectivity index (χ1) is 13.1. The molecule has 3 heterocycles. The summed E-state index contributed by atoms with van der Waals surface area (Å²) in [7, 11) is 1.63. The van der Waals surface area contributed by atoms with E-state index in [0.717, 1.165) is 35.3 Å². The zero-order valence-corrected chi connectivity index (χ0v) is 15.4. The number of hydrogen-bond donors (Lipinski definition) is 3. The van der Waals surface area contributed by atoms with Crippen molar-refractivity contribution in [1.29, 1.82) is 0 Å². The lowest BCUT2D eigenvalue weighted by atomic mass is 10.1. The molecule has 3 aromatic rings. The molecule has 8 heteroatoms. The predicted octanol–water partition coefficient (Wildman–Crippen LogP) is 2.06. The van der Waals surface area contributed by atoms with Crippen LogP contribution in [0.4, 0.5) is 11.6 Å². The van der Waals surface area contributed by atoms with Gasteiger partial charge in [-0.1, -0.05) is 0 Å². The first-order valence-corrected chi connectivity index (χ1v) is 8.92. The van der Waals surface area contributed by atoms with Crippen LogP contribution in [-0.4, -0.2) is 59.3 Å². The monoisotopic (exact) mass is 366 g/mol. The molecule has 1 fully saturated rings. The molecule has 1 aromatic carbocycles. The molecular weight excluding hydrogens is 344 g/mol. The third kappa shape index (κ3) is 3.56. The van der Waals surface area contributed by atoms with Crippen LogP contribution >= 0.6 is 0 Å². The van der Waals surface area contributed by atoms with Crippen LogP contribution in [0, 0.1) is 6.92 Å². The second kappa shape index (κ2) is 7.24. The summed E-state index contributed by atoms with van der Waals surface area (Å²) in [4.78, 5) is 19.6. The molecule has 3 N–H and O–H groups in total. The molecule has 0 bridgehead atoms. The van der Waals surface area contributed by atoms with Crippen molar-refractivity contribution in [3.8, 4) is 5.75 Å². The Labute approximate surface area is 156 Å². The number of aromatic amines is 1. The fourth-order valence-corrected chi connectivity index (χ4v) is 3.22. The van der Waals surface area contributed by atoms with Gasteiger partial charge in [0.15, 0.2) is 5.82 Å². The molecule has 1 saturated heterocycles. The molecule has 27 heavy (non-hydrogen) atoms. The number of piperazine rings is 1. The number of carbonyl (C=O) groups excluding carboxylic acids is 1. The maximum atomic E-state index is 13.1. The molecule has 0 aliphatic carbocycles. The van der Waals surface area contributed by atoms with Gasteiger partial charge in [-0.25, -0.2) is 4.98 Å². The quantitative estimate of drug-likeness (QED) is 0.654. The Balaban J connectivity index is 1.77. The van der Waals surface area contributed by atoms with Crippen LogP contribution in [0.3, 0.4) is 0 Å².